The Balaban J connectivity index is 1.88. The molecule has 1 saturated carbocycles. The summed E-state index contributed by atoms with van der Waals surface area (Å²) in [6.45, 7) is 2.22. The molecule has 0 bridgehead atoms. The topological polar surface area (TPSA) is 118 Å². The van der Waals surface area contributed by atoms with Crippen molar-refractivity contribution in [2.45, 2.75) is 54.2 Å². The van der Waals surface area contributed by atoms with E-state index in [4.69, 9.17) is 5.14 Å². The van der Waals surface area contributed by atoms with Gasteiger partial charge in [0.1, 0.15) is 0 Å². The zero-order valence-electron chi connectivity index (χ0n) is 14.8. The van der Waals surface area contributed by atoms with Crippen molar-refractivity contribution >= 4 is 20.0 Å². The number of sulfonamides is 2. The van der Waals surface area contributed by atoms with Gasteiger partial charge in [-0.25, -0.2) is 26.7 Å². The molecule has 1 aliphatic carbocycles. The van der Waals surface area contributed by atoms with E-state index in [1.165, 1.54) is 18.2 Å². The lowest BCUT2D eigenvalue weighted by Gasteiger charge is -2.23. The summed E-state index contributed by atoms with van der Waals surface area (Å²) in [6.07, 6.45) is 5.67. The largest absolute Gasteiger partial charge is 0.317 e. The molecule has 146 valence electrons. The summed E-state index contributed by atoms with van der Waals surface area (Å²) in [5.41, 5.74) is 0.576. The summed E-state index contributed by atoms with van der Waals surface area (Å²) in [5, 5.41) is 8.51. The summed E-state index contributed by atoms with van der Waals surface area (Å²) < 4.78 is 51.9. The van der Waals surface area contributed by atoms with Crippen LogP contribution >= 0.6 is 0 Å². The van der Waals surface area contributed by atoms with Crippen molar-refractivity contribution in [3.05, 3.63) is 23.8 Å². The summed E-state index contributed by atoms with van der Waals surface area (Å²) >= 11 is 0. The number of benzene rings is 1. The van der Waals surface area contributed by atoms with Gasteiger partial charge in [0, 0.05) is 6.54 Å². The minimum Gasteiger partial charge on any atom is -0.317 e. The fourth-order valence-corrected chi connectivity index (χ4v) is 5.84. The van der Waals surface area contributed by atoms with Gasteiger partial charge in [-0.05, 0) is 74.4 Å². The third kappa shape index (κ3) is 4.64. The first-order valence-corrected chi connectivity index (χ1v) is 12.2. The molecular formula is C17H27N3O4S2. The lowest BCUT2D eigenvalue weighted by molar-refractivity contribution is 0.372. The quantitative estimate of drug-likeness (QED) is 0.663. The lowest BCUT2D eigenvalue weighted by atomic mass is 9.98. The van der Waals surface area contributed by atoms with Crippen LogP contribution in [0.2, 0.25) is 0 Å². The normalized spacial score (nSPS) is 20.5. The Hall–Kier alpha value is -1.00. The average Bonchev–Trinajstić information content (AvgIpc) is 3.14. The van der Waals surface area contributed by atoms with Crippen LogP contribution in [0.25, 0.3) is 0 Å². The fraction of sp³-hybridized carbons (Fsp3) is 0.647. The maximum atomic E-state index is 12.9. The Morgan fingerprint density at radius 3 is 2.31 bits per heavy atom. The van der Waals surface area contributed by atoms with Crippen molar-refractivity contribution < 1.29 is 16.8 Å². The van der Waals surface area contributed by atoms with E-state index in [1.807, 2.05) is 0 Å². The summed E-state index contributed by atoms with van der Waals surface area (Å²) in [7, 11) is -7.56. The van der Waals surface area contributed by atoms with Gasteiger partial charge in [-0.3, -0.25) is 0 Å². The van der Waals surface area contributed by atoms with E-state index < -0.39 is 20.0 Å². The maximum Gasteiger partial charge on any atom is 0.240 e. The average molecular weight is 402 g/mol. The van der Waals surface area contributed by atoms with Crippen molar-refractivity contribution in [1.29, 1.82) is 0 Å². The second kappa shape index (κ2) is 7.93. The van der Waals surface area contributed by atoms with E-state index in [1.54, 1.807) is 0 Å². The van der Waals surface area contributed by atoms with Gasteiger partial charge in [-0.15, -0.1) is 0 Å². The Morgan fingerprint density at radius 2 is 1.69 bits per heavy atom. The number of hydrogen-bond acceptors (Lipinski definition) is 5. The van der Waals surface area contributed by atoms with Gasteiger partial charge in [-0.1, -0.05) is 12.8 Å². The molecule has 4 N–H and O–H groups in total. The van der Waals surface area contributed by atoms with Gasteiger partial charge < -0.3 is 5.32 Å². The molecule has 1 aliphatic heterocycles. The molecule has 0 atom stereocenters. The van der Waals surface area contributed by atoms with Crippen LogP contribution in [0.5, 0.6) is 0 Å². The Bertz CT molecular complexity index is 841. The van der Waals surface area contributed by atoms with E-state index in [9.17, 15) is 16.8 Å². The third-order valence-corrected chi connectivity index (χ3v) is 7.82. The van der Waals surface area contributed by atoms with Crippen LogP contribution in [-0.4, -0.2) is 36.5 Å². The minimum absolute atomic E-state index is 0.0308. The molecule has 26 heavy (non-hydrogen) atoms. The molecule has 7 nitrogen and oxygen atoms in total. The first-order chi connectivity index (χ1) is 12.3. The van der Waals surface area contributed by atoms with E-state index in [2.05, 4.69) is 10.0 Å². The molecule has 9 heteroatoms. The molecule has 0 radical (unpaired) electrons. The van der Waals surface area contributed by atoms with Crippen LogP contribution < -0.4 is 15.2 Å². The van der Waals surface area contributed by atoms with Crippen LogP contribution in [0.15, 0.2) is 28.0 Å². The molecule has 3 rings (SSSR count). The van der Waals surface area contributed by atoms with Crippen molar-refractivity contribution in [3.8, 4) is 0 Å². The van der Waals surface area contributed by atoms with Crippen LogP contribution in [-0.2, 0) is 20.0 Å². The molecule has 1 aromatic carbocycles. The minimum atomic E-state index is -3.87. The second-order valence-corrected chi connectivity index (χ2v) is 10.6. The van der Waals surface area contributed by atoms with Gasteiger partial charge in [-0.2, -0.15) is 0 Å². The first-order valence-electron chi connectivity index (χ1n) is 9.14. The molecule has 0 spiro atoms. The van der Waals surface area contributed by atoms with Gasteiger partial charge in [0.15, 0.2) is 0 Å². The molecule has 0 amide bonds. The summed E-state index contributed by atoms with van der Waals surface area (Å²) in [4.78, 5) is 0.155. The van der Waals surface area contributed by atoms with E-state index >= 15 is 0 Å². The zero-order valence-corrected chi connectivity index (χ0v) is 16.4. The highest BCUT2D eigenvalue weighted by atomic mass is 32.2. The van der Waals surface area contributed by atoms with Crippen LogP contribution in [0.3, 0.4) is 0 Å². The number of nitrogens with one attached hydrogen (secondary N) is 2. The summed E-state index contributed by atoms with van der Waals surface area (Å²) in [5.74, 6) is 0.381. The monoisotopic (exact) mass is 401 g/mol. The fourth-order valence-electron chi connectivity index (χ4n) is 3.90. The smallest absolute Gasteiger partial charge is 0.240 e. The lowest BCUT2D eigenvalue weighted by Crippen LogP contribution is -2.36. The zero-order chi connectivity index (χ0) is 18.8. The maximum absolute atomic E-state index is 12.9. The van der Waals surface area contributed by atoms with Crippen molar-refractivity contribution in [2.75, 3.05) is 19.6 Å². The van der Waals surface area contributed by atoms with Crippen LogP contribution in [0, 0.1) is 5.92 Å². The molecule has 0 aromatic heterocycles. The number of primary sulfonamides is 1. The van der Waals surface area contributed by atoms with E-state index in [-0.39, 0.29) is 15.7 Å². The highest BCUT2D eigenvalue weighted by Gasteiger charge is 2.28. The van der Waals surface area contributed by atoms with Crippen molar-refractivity contribution in [2.24, 2.45) is 11.1 Å². The van der Waals surface area contributed by atoms with Crippen molar-refractivity contribution in [3.63, 3.8) is 0 Å². The molecule has 2 fully saturated rings. The third-order valence-electron chi connectivity index (χ3n) is 5.42. The number of rotatable bonds is 6. The predicted molar refractivity (Wildman–Crippen MR) is 99.8 cm³/mol. The molecule has 1 heterocycles. The molecule has 1 aromatic rings. The van der Waals surface area contributed by atoms with Gasteiger partial charge in [0.2, 0.25) is 20.0 Å². The SMILES string of the molecule is NS(=O)(=O)c1ccc(S(=O)(=O)NCC2CCNCC2)c(C2CCCC2)c1. The molecule has 0 unspecified atom stereocenters. The number of piperidine rings is 1. The Kier molecular flexibility index (Phi) is 6.03. The highest BCUT2D eigenvalue weighted by molar-refractivity contribution is 7.89. The number of nitrogens with two attached hydrogens (primary N) is 1. The Labute approximate surface area is 155 Å². The second-order valence-electron chi connectivity index (χ2n) is 7.27. The standard InChI is InChI=1S/C17H27N3O4S2/c18-25(21,22)15-5-6-17(16(11-15)14-3-1-2-4-14)26(23,24)20-12-13-7-9-19-10-8-13/h5-6,11,13-14,19-20H,1-4,7-10,12H2,(H2,18,21,22). The number of hydrogen-bond donors (Lipinski definition) is 3. The molecule has 1 saturated heterocycles. The van der Waals surface area contributed by atoms with Gasteiger partial charge in [0.25, 0.3) is 0 Å². The van der Waals surface area contributed by atoms with E-state index in [0.29, 0.717) is 18.0 Å². The Morgan fingerprint density at radius 1 is 1.04 bits per heavy atom. The van der Waals surface area contributed by atoms with Gasteiger partial charge in [0.05, 0.1) is 9.79 Å². The van der Waals surface area contributed by atoms with Gasteiger partial charge >= 0.3 is 0 Å². The van der Waals surface area contributed by atoms with E-state index in [0.717, 1.165) is 51.6 Å². The van der Waals surface area contributed by atoms with Crippen molar-refractivity contribution in [1.82, 2.24) is 10.0 Å². The highest BCUT2D eigenvalue weighted by Crippen LogP contribution is 2.38. The molecular weight excluding hydrogens is 374 g/mol. The first kappa shape index (κ1) is 19.8. The van der Waals surface area contributed by atoms with Crippen LogP contribution in [0.1, 0.15) is 50.0 Å². The molecule has 2 aliphatic rings. The summed E-state index contributed by atoms with van der Waals surface area (Å²) in [6, 6.07) is 4.12. The van der Waals surface area contributed by atoms with Crippen LogP contribution in [0.4, 0.5) is 0 Å². The predicted octanol–water partition coefficient (Wildman–Crippen LogP) is 1.27.